The SMILES string of the molecule is COc1ccc(NC(C)=O)cc1N[C@@H](C)C(=O)NCc1ccc(C)cc1. The molecule has 3 N–H and O–H groups in total. The second kappa shape index (κ2) is 8.89. The molecule has 2 amide bonds. The van der Waals surface area contributed by atoms with Crippen LogP contribution in [0, 0.1) is 6.92 Å². The number of rotatable bonds is 7. The molecule has 2 rings (SSSR count). The summed E-state index contributed by atoms with van der Waals surface area (Å²) in [6, 6.07) is 12.8. The Morgan fingerprint density at radius 1 is 1.12 bits per heavy atom. The number of carbonyl (C=O) groups excluding carboxylic acids is 2. The summed E-state index contributed by atoms with van der Waals surface area (Å²) in [6.45, 7) is 5.71. The topological polar surface area (TPSA) is 79.5 Å². The highest BCUT2D eigenvalue weighted by atomic mass is 16.5. The van der Waals surface area contributed by atoms with Crippen molar-refractivity contribution >= 4 is 23.2 Å². The molecule has 0 spiro atoms. The Bertz CT molecular complexity index is 772. The highest BCUT2D eigenvalue weighted by Crippen LogP contribution is 2.28. The van der Waals surface area contributed by atoms with E-state index in [0.717, 1.165) is 5.56 Å². The highest BCUT2D eigenvalue weighted by Gasteiger charge is 2.15. The maximum Gasteiger partial charge on any atom is 0.242 e. The average Bonchev–Trinajstić information content (AvgIpc) is 2.60. The Kier molecular flexibility index (Phi) is 6.60. The third-order valence-electron chi connectivity index (χ3n) is 3.87. The van der Waals surface area contributed by atoms with Crippen molar-refractivity contribution in [2.45, 2.75) is 33.4 Å². The van der Waals surface area contributed by atoms with Crippen LogP contribution < -0.4 is 20.7 Å². The fourth-order valence-electron chi connectivity index (χ4n) is 2.45. The molecule has 2 aromatic carbocycles. The Morgan fingerprint density at radius 2 is 1.81 bits per heavy atom. The minimum absolute atomic E-state index is 0.127. The van der Waals surface area contributed by atoms with Crippen LogP contribution >= 0.6 is 0 Å². The molecule has 26 heavy (non-hydrogen) atoms. The zero-order valence-electron chi connectivity index (χ0n) is 15.6. The molecule has 0 aliphatic rings. The zero-order valence-corrected chi connectivity index (χ0v) is 15.6. The molecule has 0 heterocycles. The van der Waals surface area contributed by atoms with Crippen molar-refractivity contribution < 1.29 is 14.3 Å². The van der Waals surface area contributed by atoms with Crippen LogP contribution in [0.1, 0.15) is 25.0 Å². The van der Waals surface area contributed by atoms with Crippen LogP contribution in [-0.4, -0.2) is 25.0 Å². The Balaban J connectivity index is 2.00. The van der Waals surface area contributed by atoms with E-state index in [1.54, 1.807) is 32.2 Å². The zero-order chi connectivity index (χ0) is 19.1. The second-order valence-corrected chi connectivity index (χ2v) is 6.17. The first-order valence-electron chi connectivity index (χ1n) is 8.44. The summed E-state index contributed by atoms with van der Waals surface area (Å²) in [5.41, 5.74) is 3.49. The van der Waals surface area contributed by atoms with E-state index in [-0.39, 0.29) is 11.8 Å². The van der Waals surface area contributed by atoms with Gasteiger partial charge in [0.15, 0.2) is 0 Å². The van der Waals surface area contributed by atoms with Crippen LogP contribution in [-0.2, 0) is 16.1 Å². The first kappa shape index (κ1) is 19.3. The molecule has 0 aliphatic heterocycles. The molecular weight excluding hydrogens is 330 g/mol. The molecule has 0 radical (unpaired) electrons. The largest absolute Gasteiger partial charge is 0.495 e. The van der Waals surface area contributed by atoms with Crippen LogP contribution in [0.3, 0.4) is 0 Å². The molecule has 6 heteroatoms. The lowest BCUT2D eigenvalue weighted by Gasteiger charge is -2.18. The summed E-state index contributed by atoms with van der Waals surface area (Å²) in [6.07, 6.45) is 0. The van der Waals surface area contributed by atoms with E-state index < -0.39 is 6.04 Å². The Hall–Kier alpha value is -3.02. The molecule has 0 saturated carbocycles. The predicted octanol–water partition coefficient (Wildman–Crippen LogP) is 3.08. The van der Waals surface area contributed by atoms with Gasteiger partial charge in [0.25, 0.3) is 0 Å². The van der Waals surface area contributed by atoms with Crippen LogP contribution in [0.25, 0.3) is 0 Å². The number of ether oxygens (including phenoxy) is 1. The molecule has 2 aromatic rings. The number of methoxy groups -OCH3 is 1. The lowest BCUT2D eigenvalue weighted by molar-refractivity contribution is -0.121. The lowest BCUT2D eigenvalue weighted by atomic mass is 10.1. The fourth-order valence-corrected chi connectivity index (χ4v) is 2.45. The van der Waals surface area contributed by atoms with E-state index in [1.807, 2.05) is 31.2 Å². The van der Waals surface area contributed by atoms with Gasteiger partial charge in [-0.25, -0.2) is 0 Å². The number of benzene rings is 2. The molecule has 0 saturated heterocycles. The molecule has 0 aliphatic carbocycles. The van der Waals surface area contributed by atoms with Crippen LogP contribution in [0.4, 0.5) is 11.4 Å². The van der Waals surface area contributed by atoms with Crippen molar-refractivity contribution in [2.24, 2.45) is 0 Å². The highest BCUT2D eigenvalue weighted by molar-refractivity contribution is 5.90. The Morgan fingerprint density at radius 3 is 2.42 bits per heavy atom. The maximum absolute atomic E-state index is 12.4. The van der Waals surface area contributed by atoms with Crippen LogP contribution in [0.2, 0.25) is 0 Å². The molecule has 0 bridgehead atoms. The minimum atomic E-state index is -0.470. The van der Waals surface area contributed by atoms with Gasteiger partial charge >= 0.3 is 0 Å². The van der Waals surface area contributed by atoms with Gasteiger partial charge in [0.2, 0.25) is 11.8 Å². The molecule has 138 valence electrons. The first-order valence-corrected chi connectivity index (χ1v) is 8.44. The molecule has 0 fully saturated rings. The number of anilines is 2. The molecule has 0 aromatic heterocycles. The molecule has 0 unspecified atom stereocenters. The smallest absolute Gasteiger partial charge is 0.242 e. The standard InChI is InChI=1S/C20H25N3O3/c1-13-5-7-16(8-6-13)12-21-20(25)14(2)22-18-11-17(23-15(3)24)9-10-19(18)26-4/h5-11,14,22H,12H2,1-4H3,(H,21,25)(H,23,24)/t14-/m0/s1. The van der Waals surface area contributed by atoms with Crippen LogP contribution in [0.5, 0.6) is 5.75 Å². The fraction of sp³-hybridized carbons (Fsp3) is 0.300. The van der Waals surface area contributed by atoms with E-state index in [1.165, 1.54) is 12.5 Å². The van der Waals surface area contributed by atoms with Gasteiger partial charge in [-0.2, -0.15) is 0 Å². The van der Waals surface area contributed by atoms with Gasteiger partial charge in [0.05, 0.1) is 12.8 Å². The lowest BCUT2D eigenvalue weighted by Crippen LogP contribution is -2.37. The first-order chi connectivity index (χ1) is 12.4. The van der Waals surface area contributed by atoms with E-state index in [2.05, 4.69) is 16.0 Å². The number of hydrogen-bond acceptors (Lipinski definition) is 4. The van der Waals surface area contributed by atoms with Gasteiger partial charge < -0.3 is 20.7 Å². The van der Waals surface area contributed by atoms with E-state index >= 15 is 0 Å². The van der Waals surface area contributed by atoms with Crippen molar-refractivity contribution in [2.75, 3.05) is 17.7 Å². The molecule has 1 atom stereocenters. The average molecular weight is 355 g/mol. The third-order valence-corrected chi connectivity index (χ3v) is 3.87. The van der Waals surface area contributed by atoms with Crippen molar-refractivity contribution in [3.05, 3.63) is 53.6 Å². The van der Waals surface area contributed by atoms with Crippen molar-refractivity contribution in [3.8, 4) is 5.75 Å². The summed E-state index contributed by atoms with van der Waals surface area (Å²) in [5, 5.41) is 8.76. The summed E-state index contributed by atoms with van der Waals surface area (Å²) in [5.74, 6) is 0.305. The van der Waals surface area contributed by atoms with Gasteiger partial charge in [-0.3, -0.25) is 9.59 Å². The third kappa shape index (κ3) is 5.51. The van der Waals surface area contributed by atoms with Crippen molar-refractivity contribution in [1.29, 1.82) is 0 Å². The summed E-state index contributed by atoms with van der Waals surface area (Å²) in [4.78, 5) is 23.6. The predicted molar refractivity (Wildman–Crippen MR) is 103 cm³/mol. The number of hydrogen-bond donors (Lipinski definition) is 3. The molecular formula is C20H25N3O3. The minimum Gasteiger partial charge on any atom is -0.495 e. The number of amides is 2. The Labute approximate surface area is 153 Å². The maximum atomic E-state index is 12.4. The number of nitrogens with one attached hydrogen (secondary N) is 3. The second-order valence-electron chi connectivity index (χ2n) is 6.17. The van der Waals surface area contributed by atoms with Gasteiger partial charge in [0.1, 0.15) is 11.8 Å². The summed E-state index contributed by atoms with van der Waals surface area (Å²) >= 11 is 0. The van der Waals surface area contributed by atoms with E-state index in [0.29, 0.717) is 23.7 Å². The van der Waals surface area contributed by atoms with Crippen molar-refractivity contribution in [1.82, 2.24) is 5.32 Å². The monoisotopic (exact) mass is 355 g/mol. The molecule has 6 nitrogen and oxygen atoms in total. The van der Waals surface area contributed by atoms with Gasteiger partial charge in [-0.15, -0.1) is 0 Å². The quantitative estimate of drug-likeness (QED) is 0.713. The van der Waals surface area contributed by atoms with Gasteiger partial charge in [0, 0.05) is 19.2 Å². The van der Waals surface area contributed by atoms with Crippen LogP contribution in [0.15, 0.2) is 42.5 Å². The number of carbonyl (C=O) groups is 2. The number of aryl methyl sites for hydroxylation is 1. The van der Waals surface area contributed by atoms with Gasteiger partial charge in [-0.05, 0) is 37.6 Å². The van der Waals surface area contributed by atoms with Gasteiger partial charge in [-0.1, -0.05) is 29.8 Å². The summed E-state index contributed by atoms with van der Waals surface area (Å²) < 4.78 is 5.32. The summed E-state index contributed by atoms with van der Waals surface area (Å²) in [7, 11) is 1.56. The van der Waals surface area contributed by atoms with E-state index in [4.69, 9.17) is 4.74 Å². The van der Waals surface area contributed by atoms with E-state index in [9.17, 15) is 9.59 Å². The normalized spacial score (nSPS) is 11.4. The van der Waals surface area contributed by atoms with Crippen molar-refractivity contribution in [3.63, 3.8) is 0 Å².